The van der Waals surface area contributed by atoms with Crippen molar-refractivity contribution >= 4 is 11.9 Å². The lowest BCUT2D eigenvalue weighted by molar-refractivity contribution is -0.163. The first kappa shape index (κ1) is 33.1. The van der Waals surface area contributed by atoms with Gasteiger partial charge < -0.3 is 24.8 Å². The van der Waals surface area contributed by atoms with Crippen LogP contribution in [0.25, 0.3) is 16.9 Å². The first-order chi connectivity index (χ1) is 22.5. The number of aliphatic carboxylic acids is 1. The van der Waals surface area contributed by atoms with Crippen LogP contribution < -0.4 is 14.8 Å². The highest BCUT2D eigenvalue weighted by Gasteiger charge is 2.62. The van der Waals surface area contributed by atoms with Crippen molar-refractivity contribution in [2.45, 2.75) is 76.7 Å². The summed E-state index contributed by atoms with van der Waals surface area (Å²) >= 11 is 0. The van der Waals surface area contributed by atoms with Gasteiger partial charge >= 0.3 is 5.97 Å². The number of nitrogens with zero attached hydrogens (tertiary/aromatic N) is 3. The number of benzene rings is 2. The summed E-state index contributed by atoms with van der Waals surface area (Å²) in [5.74, 6) is 0.985. The minimum absolute atomic E-state index is 0.0612. The Labute approximate surface area is 278 Å². The van der Waals surface area contributed by atoms with E-state index >= 15 is 0 Å². The van der Waals surface area contributed by atoms with Gasteiger partial charge in [0.25, 0.3) is 5.91 Å². The second kappa shape index (κ2) is 13.3. The summed E-state index contributed by atoms with van der Waals surface area (Å²) < 4.78 is 13.4. The number of carboxylic acid groups (broad SMARTS) is 1. The molecule has 7 rings (SSSR count). The zero-order valence-electron chi connectivity index (χ0n) is 28.7. The molecular formula is C38H50N4O5. The van der Waals surface area contributed by atoms with Gasteiger partial charge in [-0.3, -0.25) is 4.79 Å². The number of methoxy groups -OCH3 is 2. The van der Waals surface area contributed by atoms with Gasteiger partial charge in [-0.15, -0.1) is 0 Å². The highest BCUT2D eigenvalue weighted by atomic mass is 16.5. The third-order valence-corrected chi connectivity index (χ3v) is 11.0. The van der Waals surface area contributed by atoms with E-state index in [4.69, 9.17) is 14.6 Å². The number of hydrogen-bond donors (Lipinski definition) is 2. The minimum atomic E-state index is -1.27. The zero-order valence-corrected chi connectivity index (χ0v) is 28.7. The third kappa shape index (κ3) is 6.15. The maximum Gasteiger partial charge on any atom is 0.330 e. The smallest absolute Gasteiger partial charge is 0.330 e. The Kier molecular flexibility index (Phi) is 9.38. The van der Waals surface area contributed by atoms with Crippen LogP contribution in [-0.2, 0) is 11.2 Å². The summed E-state index contributed by atoms with van der Waals surface area (Å²) in [4.78, 5) is 29.5. The number of nitrogens with one attached hydrogen (secondary N) is 1. The third-order valence-electron chi connectivity index (χ3n) is 11.0. The Bertz CT molecular complexity index is 1580. The van der Waals surface area contributed by atoms with E-state index in [-0.39, 0.29) is 23.4 Å². The topological polar surface area (TPSA) is 106 Å². The fraction of sp³-hybridized carbons (Fsp3) is 0.553. The lowest BCUT2D eigenvalue weighted by Crippen LogP contribution is -2.70. The quantitative estimate of drug-likeness (QED) is 0.203. The normalized spacial score (nSPS) is 24.6. The molecule has 9 heteroatoms. The van der Waals surface area contributed by atoms with E-state index in [2.05, 4.69) is 56.4 Å². The average molecular weight is 643 g/mol. The Morgan fingerprint density at radius 3 is 2.17 bits per heavy atom. The van der Waals surface area contributed by atoms with Gasteiger partial charge in [0, 0.05) is 0 Å². The fourth-order valence-corrected chi connectivity index (χ4v) is 8.92. The molecule has 4 bridgehead atoms. The van der Waals surface area contributed by atoms with E-state index in [1.807, 2.05) is 22.9 Å². The van der Waals surface area contributed by atoms with Gasteiger partial charge in [0.1, 0.15) is 17.0 Å². The molecule has 9 nitrogen and oxygen atoms in total. The van der Waals surface area contributed by atoms with Gasteiger partial charge in [-0.1, -0.05) is 32.0 Å². The summed E-state index contributed by atoms with van der Waals surface area (Å²) in [6.45, 7) is 5.39. The molecule has 1 heterocycles. The summed E-state index contributed by atoms with van der Waals surface area (Å²) in [7, 11) is 7.42. The molecule has 4 aliphatic rings. The molecule has 3 aromatic rings. The Morgan fingerprint density at radius 1 is 0.979 bits per heavy atom. The molecule has 1 amide bonds. The van der Waals surface area contributed by atoms with Gasteiger partial charge in [-0.05, 0) is 137 Å². The molecular weight excluding hydrogens is 592 g/mol. The van der Waals surface area contributed by atoms with Gasteiger partial charge in [0.2, 0.25) is 0 Å². The van der Waals surface area contributed by atoms with Crippen molar-refractivity contribution in [2.24, 2.45) is 23.7 Å². The molecule has 0 radical (unpaired) electrons. The lowest BCUT2D eigenvalue weighted by Gasteiger charge is -2.59. The molecule has 0 unspecified atom stereocenters. The molecule has 4 aliphatic carbocycles. The van der Waals surface area contributed by atoms with Crippen LogP contribution in [0.2, 0.25) is 0 Å². The van der Waals surface area contributed by atoms with Crippen molar-refractivity contribution in [1.29, 1.82) is 0 Å². The van der Waals surface area contributed by atoms with E-state index in [1.54, 1.807) is 20.3 Å². The zero-order chi connectivity index (χ0) is 33.5. The van der Waals surface area contributed by atoms with Gasteiger partial charge in [0.05, 0.1) is 31.2 Å². The van der Waals surface area contributed by atoms with Crippen molar-refractivity contribution in [3.05, 3.63) is 59.3 Å². The van der Waals surface area contributed by atoms with Crippen molar-refractivity contribution in [2.75, 3.05) is 34.9 Å². The molecule has 4 fully saturated rings. The number of amides is 1. The van der Waals surface area contributed by atoms with Crippen LogP contribution in [0.5, 0.6) is 11.5 Å². The molecule has 0 aliphatic heterocycles. The molecule has 0 atom stereocenters. The van der Waals surface area contributed by atoms with Gasteiger partial charge in [0.15, 0.2) is 5.69 Å². The molecule has 0 saturated heterocycles. The summed E-state index contributed by atoms with van der Waals surface area (Å²) in [6.07, 6.45) is 7.83. The fourth-order valence-electron chi connectivity index (χ4n) is 8.92. The average Bonchev–Trinajstić information content (AvgIpc) is 3.48. The summed E-state index contributed by atoms with van der Waals surface area (Å²) in [6, 6.07) is 13.8. The standard InChI is InChI=1S/C38H50N4O5/c1-23(2)29-21-24(10-7-8-15-41(3)4)13-14-31(29)42-32(35-33(46-5)11-9-12-34(35)47-6)22-30(40-42)36(43)39-38(37(44)45)27-17-25-16-26(19-27)20-28(38)18-25/h9,11-14,21-23,25-28H,7-8,10,15-20H2,1-6H3,(H,39,43)(H,44,45). The minimum Gasteiger partial charge on any atom is -0.496 e. The Hall–Kier alpha value is -3.85. The number of aromatic nitrogens is 2. The van der Waals surface area contributed by atoms with Crippen LogP contribution in [0.1, 0.15) is 86.3 Å². The van der Waals surface area contributed by atoms with Crippen molar-refractivity contribution < 1.29 is 24.2 Å². The van der Waals surface area contributed by atoms with Crippen molar-refractivity contribution in [3.8, 4) is 28.4 Å². The van der Waals surface area contributed by atoms with Gasteiger partial charge in [-0.2, -0.15) is 5.10 Å². The van der Waals surface area contributed by atoms with E-state index in [0.717, 1.165) is 62.7 Å². The highest BCUT2D eigenvalue weighted by Crippen LogP contribution is 2.58. The first-order valence-corrected chi connectivity index (χ1v) is 17.2. The van der Waals surface area contributed by atoms with Crippen LogP contribution in [0.4, 0.5) is 0 Å². The number of carboxylic acids is 1. The number of aryl methyl sites for hydroxylation is 1. The maximum absolute atomic E-state index is 14.2. The Morgan fingerprint density at radius 2 is 1.62 bits per heavy atom. The van der Waals surface area contributed by atoms with Crippen LogP contribution in [-0.4, -0.2) is 72.1 Å². The van der Waals surface area contributed by atoms with E-state index < -0.39 is 17.4 Å². The van der Waals surface area contributed by atoms with Crippen LogP contribution in [0.15, 0.2) is 42.5 Å². The monoisotopic (exact) mass is 642 g/mol. The summed E-state index contributed by atoms with van der Waals surface area (Å²) in [5.41, 5.74) is 3.46. The first-order valence-electron chi connectivity index (χ1n) is 17.2. The van der Waals surface area contributed by atoms with Crippen LogP contribution in [0.3, 0.4) is 0 Å². The van der Waals surface area contributed by atoms with E-state index in [9.17, 15) is 14.7 Å². The Balaban J connectivity index is 1.42. The predicted octanol–water partition coefficient (Wildman–Crippen LogP) is 6.57. The molecule has 47 heavy (non-hydrogen) atoms. The second-order valence-electron chi connectivity index (χ2n) is 14.6. The largest absolute Gasteiger partial charge is 0.496 e. The molecule has 2 aromatic carbocycles. The lowest BCUT2D eigenvalue weighted by atomic mass is 9.48. The molecule has 252 valence electrons. The number of ether oxygens (including phenoxy) is 2. The van der Waals surface area contributed by atoms with Crippen LogP contribution in [0, 0.1) is 23.7 Å². The number of hydrogen-bond acceptors (Lipinski definition) is 6. The second-order valence-corrected chi connectivity index (χ2v) is 14.6. The van der Waals surface area contributed by atoms with E-state index in [1.165, 1.54) is 12.0 Å². The molecule has 0 spiro atoms. The van der Waals surface area contributed by atoms with Crippen LogP contribution >= 0.6 is 0 Å². The SMILES string of the molecule is COc1cccc(OC)c1-c1cc(C(=O)NC2(C(=O)O)C3CC4CC(C3)CC2C4)nn1-c1ccc(CCCCN(C)C)cc1C(C)C. The number of carbonyl (C=O) groups is 2. The molecule has 1 aromatic heterocycles. The number of rotatable bonds is 13. The van der Waals surface area contributed by atoms with Crippen molar-refractivity contribution in [3.63, 3.8) is 0 Å². The highest BCUT2D eigenvalue weighted by molar-refractivity contribution is 5.98. The van der Waals surface area contributed by atoms with Crippen molar-refractivity contribution in [1.82, 2.24) is 20.0 Å². The molecule has 2 N–H and O–H groups in total. The van der Waals surface area contributed by atoms with E-state index in [0.29, 0.717) is 34.6 Å². The number of carbonyl (C=O) groups excluding carboxylic acids is 1. The number of unbranched alkanes of at least 4 members (excludes halogenated alkanes) is 1. The van der Waals surface area contributed by atoms with Gasteiger partial charge in [-0.25, -0.2) is 9.48 Å². The molecule has 4 saturated carbocycles. The maximum atomic E-state index is 14.2. The summed E-state index contributed by atoms with van der Waals surface area (Å²) in [5, 5.41) is 18.7. The predicted molar refractivity (Wildman–Crippen MR) is 183 cm³/mol.